The minimum Gasteiger partial charge on any atom is -0.444 e. The minimum atomic E-state index is -0.492. The van der Waals surface area contributed by atoms with Crippen molar-refractivity contribution in [2.24, 2.45) is 0 Å². The number of benzene rings is 1. The maximum atomic E-state index is 11.8. The molecule has 2 heterocycles. The van der Waals surface area contributed by atoms with E-state index in [4.69, 9.17) is 13.9 Å². The summed E-state index contributed by atoms with van der Waals surface area (Å²) < 4.78 is 16.8. The lowest BCUT2D eigenvalue weighted by atomic mass is 10.2. The average Bonchev–Trinajstić information content (AvgIpc) is 3.02. The van der Waals surface area contributed by atoms with Crippen molar-refractivity contribution < 1.29 is 18.7 Å². The topological polar surface area (TPSA) is 76.8 Å². The summed E-state index contributed by atoms with van der Waals surface area (Å²) in [4.78, 5) is 18.6. The summed E-state index contributed by atoms with van der Waals surface area (Å²) in [5, 5.41) is 2.79. The fourth-order valence-electron chi connectivity index (χ4n) is 3.10. The number of carbonyl (C=O) groups excluding carboxylic acids is 1. The van der Waals surface area contributed by atoms with Crippen LogP contribution in [0.5, 0.6) is 0 Å². The summed E-state index contributed by atoms with van der Waals surface area (Å²) >= 11 is 0. The normalized spacial score (nSPS) is 18.6. The van der Waals surface area contributed by atoms with E-state index in [2.05, 4.69) is 15.2 Å². The Morgan fingerprint density at radius 3 is 2.96 bits per heavy atom. The molecule has 1 fully saturated rings. The fraction of sp³-hybridized carbons (Fsp3) is 0.600. The van der Waals surface area contributed by atoms with Gasteiger partial charge in [0.2, 0.25) is 0 Å². The molecule has 1 aromatic heterocycles. The van der Waals surface area contributed by atoms with E-state index in [1.807, 2.05) is 45.0 Å². The van der Waals surface area contributed by atoms with Gasteiger partial charge in [-0.2, -0.15) is 0 Å². The SMILES string of the molecule is CC(C)(C)OC(=O)NC[C@@H]1CN(CCCc2nc3ccccc3o2)CCO1. The fourth-order valence-corrected chi connectivity index (χ4v) is 3.10. The lowest BCUT2D eigenvalue weighted by molar-refractivity contribution is -0.0288. The molecule has 1 saturated heterocycles. The second-order valence-corrected chi connectivity index (χ2v) is 7.86. The summed E-state index contributed by atoms with van der Waals surface area (Å²) in [5.41, 5.74) is 1.26. The molecule has 1 aromatic carbocycles. The van der Waals surface area contributed by atoms with Gasteiger partial charge in [0.05, 0.1) is 12.7 Å². The monoisotopic (exact) mass is 375 g/mol. The molecule has 0 radical (unpaired) electrons. The van der Waals surface area contributed by atoms with Gasteiger partial charge in [0.15, 0.2) is 11.5 Å². The first-order valence-electron chi connectivity index (χ1n) is 9.54. The molecule has 1 N–H and O–H groups in total. The third-order valence-electron chi connectivity index (χ3n) is 4.30. The second-order valence-electron chi connectivity index (χ2n) is 7.86. The first-order valence-corrected chi connectivity index (χ1v) is 9.54. The van der Waals surface area contributed by atoms with Crippen LogP contribution >= 0.6 is 0 Å². The number of alkyl carbamates (subject to hydrolysis) is 1. The number of carbonyl (C=O) groups is 1. The Morgan fingerprint density at radius 2 is 2.19 bits per heavy atom. The number of hydrogen-bond donors (Lipinski definition) is 1. The number of rotatable bonds is 6. The third kappa shape index (κ3) is 6.22. The molecule has 0 spiro atoms. The average molecular weight is 375 g/mol. The predicted octanol–water partition coefficient (Wildman–Crippen LogP) is 2.99. The van der Waals surface area contributed by atoms with Gasteiger partial charge in [0, 0.05) is 26.1 Å². The molecule has 0 unspecified atom stereocenters. The van der Waals surface area contributed by atoms with Crippen molar-refractivity contribution in [2.75, 3.05) is 32.8 Å². The maximum absolute atomic E-state index is 11.8. The number of hydrogen-bond acceptors (Lipinski definition) is 6. The lowest BCUT2D eigenvalue weighted by Crippen LogP contribution is -2.48. The molecule has 1 atom stereocenters. The van der Waals surface area contributed by atoms with E-state index in [-0.39, 0.29) is 6.10 Å². The Morgan fingerprint density at radius 1 is 1.37 bits per heavy atom. The largest absolute Gasteiger partial charge is 0.444 e. The molecule has 7 heteroatoms. The molecule has 1 aliphatic heterocycles. The van der Waals surface area contributed by atoms with E-state index in [0.717, 1.165) is 49.5 Å². The summed E-state index contributed by atoms with van der Waals surface area (Å²) in [6.45, 7) is 9.32. The first-order chi connectivity index (χ1) is 12.9. The van der Waals surface area contributed by atoms with Crippen LogP contribution in [-0.4, -0.2) is 60.5 Å². The standard InChI is InChI=1S/C20H29N3O4/c1-20(2,3)27-19(24)21-13-15-14-23(11-12-25-15)10-6-9-18-22-16-7-4-5-8-17(16)26-18/h4-5,7-8,15H,6,9-14H2,1-3H3,(H,21,24)/t15-/m1/s1. The molecular formula is C20H29N3O4. The molecule has 148 valence electrons. The van der Waals surface area contributed by atoms with Crippen molar-refractivity contribution in [1.29, 1.82) is 0 Å². The van der Waals surface area contributed by atoms with Crippen LogP contribution in [0.2, 0.25) is 0 Å². The van der Waals surface area contributed by atoms with Gasteiger partial charge in [-0.3, -0.25) is 4.90 Å². The Hall–Kier alpha value is -2.12. The van der Waals surface area contributed by atoms with Crippen molar-refractivity contribution in [2.45, 2.75) is 45.3 Å². The summed E-state index contributed by atoms with van der Waals surface area (Å²) in [6.07, 6.45) is 1.36. The van der Waals surface area contributed by atoms with Crippen molar-refractivity contribution in [3.05, 3.63) is 30.2 Å². The van der Waals surface area contributed by atoms with Crippen molar-refractivity contribution in [3.8, 4) is 0 Å². The zero-order chi connectivity index (χ0) is 19.3. The second kappa shape index (κ2) is 8.71. The lowest BCUT2D eigenvalue weighted by Gasteiger charge is -2.33. The van der Waals surface area contributed by atoms with Gasteiger partial charge >= 0.3 is 6.09 Å². The van der Waals surface area contributed by atoms with Crippen molar-refractivity contribution in [1.82, 2.24) is 15.2 Å². The predicted molar refractivity (Wildman–Crippen MR) is 103 cm³/mol. The number of oxazole rings is 1. The first kappa shape index (κ1) is 19.6. The molecule has 0 bridgehead atoms. The Bertz CT molecular complexity index is 720. The highest BCUT2D eigenvalue weighted by molar-refractivity contribution is 5.72. The number of aryl methyl sites for hydroxylation is 1. The number of para-hydroxylation sites is 2. The van der Waals surface area contributed by atoms with E-state index < -0.39 is 11.7 Å². The van der Waals surface area contributed by atoms with Gasteiger partial charge in [-0.1, -0.05) is 12.1 Å². The number of ether oxygens (including phenoxy) is 2. The van der Waals surface area contributed by atoms with Crippen LogP contribution in [0.15, 0.2) is 28.7 Å². The van der Waals surface area contributed by atoms with Crippen molar-refractivity contribution >= 4 is 17.2 Å². The van der Waals surface area contributed by atoms with Crippen molar-refractivity contribution in [3.63, 3.8) is 0 Å². The van der Waals surface area contributed by atoms with Gasteiger partial charge < -0.3 is 19.2 Å². The molecule has 0 saturated carbocycles. The number of aromatic nitrogens is 1. The van der Waals surface area contributed by atoms with Crippen LogP contribution in [0.1, 0.15) is 33.1 Å². The summed E-state index contributed by atoms with van der Waals surface area (Å²) in [7, 11) is 0. The molecule has 27 heavy (non-hydrogen) atoms. The molecular weight excluding hydrogens is 346 g/mol. The molecule has 0 aliphatic carbocycles. The number of morpholine rings is 1. The number of nitrogens with zero attached hydrogens (tertiary/aromatic N) is 2. The minimum absolute atomic E-state index is 0.0180. The molecule has 2 aromatic rings. The summed E-state index contributed by atoms with van der Waals surface area (Å²) in [6, 6.07) is 7.83. The van der Waals surface area contributed by atoms with E-state index in [1.165, 1.54) is 0 Å². The Kier molecular flexibility index (Phi) is 6.34. The molecule has 1 amide bonds. The van der Waals surface area contributed by atoms with Crippen LogP contribution in [0.3, 0.4) is 0 Å². The van der Waals surface area contributed by atoms with Crippen LogP contribution in [0.4, 0.5) is 4.79 Å². The Labute approximate surface area is 160 Å². The zero-order valence-corrected chi connectivity index (χ0v) is 16.4. The maximum Gasteiger partial charge on any atom is 0.407 e. The Balaban J connectivity index is 1.38. The van der Waals surface area contributed by atoms with E-state index in [1.54, 1.807) is 0 Å². The third-order valence-corrected chi connectivity index (χ3v) is 4.30. The van der Waals surface area contributed by atoms with Crippen LogP contribution in [0, 0.1) is 0 Å². The quantitative estimate of drug-likeness (QED) is 0.836. The van der Waals surface area contributed by atoms with Gasteiger partial charge in [-0.05, 0) is 45.9 Å². The molecule has 3 rings (SSSR count). The molecule has 7 nitrogen and oxygen atoms in total. The van der Waals surface area contributed by atoms with Crippen LogP contribution in [-0.2, 0) is 15.9 Å². The van der Waals surface area contributed by atoms with Crippen LogP contribution < -0.4 is 5.32 Å². The van der Waals surface area contributed by atoms with Gasteiger partial charge in [0.25, 0.3) is 0 Å². The highest BCUT2D eigenvalue weighted by atomic mass is 16.6. The van der Waals surface area contributed by atoms with Gasteiger partial charge in [-0.25, -0.2) is 9.78 Å². The van der Waals surface area contributed by atoms with E-state index in [0.29, 0.717) is 13.2 Å². The van der Waals surface area contributed by atoms with Crippen LogP contribution in [0.25, 0.3) is 11.1 Å². The van der Waals surface area contributed by atoms with E-state index >= 15 is 0 Å². The van der Waals surface area contributed by atoms with E-state index in [9.17, 15) is 4.79 Å². The summed E-state index contributed by atoms with van der Waals surface area (Å²) in [5.74, 6) is 0.785. The highest BCUT2D eigenvalue weighted by Crippen LogP contribution is 2.16. The number of nitrogens with one attached hydrogen (secondary N) is 1. The number of fused-ring (bicyclic) bond motifs is 1. The zero-order valence-electron chi connectivity index (χ0n) is 16.4. The highest BCUT2D eigenvalue weighted by Gasteiger charge is 2.22. The number of amides is 1. The molecule has 1 aliphatic rings. The van der Waals surface area contributed by atoms with Gasteiger partial charge in [0.1, 0.15) is 11.1 Å². The van der Waals surface area contributed by atoms with Gasteiger partial charge in [-0.15, -0.1) is 0 Å². The smallest absolute Gasteiger partial charge is 0.407 e.